The zero-order valence-electron chi connectivity index (χ0n) is 16.3. The van der Waals surface area contributed by atoms with Crippen LogP contribution in [0.4, 0.5) is 5.82 Å². The molecule has 0 saturated carbocycles. The van der Waals surface area contributed by atoms with Gasteiger partial charge in [-0.2, -0.15) is 5.10 Å². The van der Waals surface area contributed by atoms with E-state index in [-0.39, 0.29) is 5.91 Å². The molecular weight excluding hydrogens is 326 g/mol. The van der Waals surface area contributed by atoms with Gasteiger partial charge in [0.25, 0.3) is 0 Å². The molecule has 128 valence electrons. The third kappa shape index (κ3) is 3.11. The van der Waals surface area contributed by atoms with Gasteiger partial charge >= 0.3 is 5.97 Å². The number of rotatable bonds is 4. The van der Waals surface area contributed by atoms with Crippen LogP contribution < -0.4 is 10.1 Å². The van der Waals surface area contributed by atoms with Crippen molar-refractivity contribution in [3.05, 3.63) is 35.7 Å². The lowest BCUT2D eigenvalue weighted by atomic mass is 10.1. The number of aromatic nitrogens is 4. The molecule has 0 unspecified atom stereocenters. The van der Waals surface area contributed by atoms with Crippen LogP contribution in [0, 0.1) is 6.92 Å². The molecule has 0 aliphatic heterocycles. The maximum absolute atomic E-state index is 11.5. The van der Waals surface area contributed by atoms with E-state index in [1.807, 2.05) is 0 Å². The van der Waals surface area contributed by atoms with Crippen molar-refractivity contribution in [3.8, 4) is 17.1 Å². The van der Waals surface area contributed by atoms with Crippen LogP contribution in [0.5, 0.6) is 5.88 Å². The Bertz CT molecular complexity index is 1090. The number of aryl methyl sites for hydroxylation is 1. The number of ether oxygens (including phenoxy) is 1. The summed E-state index contributed by atoms with van der Waals surface area (Å²) in [6, 6.07) is 4.51. The van der Waals surface area contributed by atoms with Crippen molar-refractivity contribution in [1.29, 1.82) is 0 Å². The van der Waals surface area contributed by atoms with Crippen LogP contribution in [-0.2, 0) is 4.79 Å². The first-order valence-corrected chi connectivity index (χ1v) is 7.12. The number of hydrogen-bond donors (Lipinski definition) is 2. The first kappa shape index (κ1) is 12.9. The summed E-state index contributed by atoms with van der Waals surface area (Å²) in [6.07, 6.45) is 1.51. The van der Waals surface area contributed by atoms with E-state index in [2.05, 4.69) is 20.4 Å². The standard InChI is InChI=1S/C16H15N5O4/c1-8-10(6-11(16(23)24)15(17-8)25-3)12-4-5-14-19-13(18-9(2)22)7-21(14)20-12/h4-7H,1-3H3,(H,18,22)(H,23,24)/i3D3. The Kier molecular flexibility index (Phi) is 3.19. The van der Waals surface area contributed by atoms with E-state index in [0.717, 1.165) is 0 Å². The molecular formula is C16H15N5O4. The Morgan fingerprint density at radius 1 is 1.36 bits per heavy atom. The second-order valence-corrected chi connectivity index (χ2v) is 5.21. The first-order valence-electron chi connectivity index (χ1n) is 8.62. The number of methoxy groups -OCH3 is 1. The number of pyridine rings is 1. The molecule has 3 rings (SSSR count). The van der Waals surface area contributed by atoms with Crippen LogP contribution in [0.2, 0.25) is 0 Å². The first-order chi connectivity index (χ1) is 13.0. The van der Waals surface area contributed by atoms with Gasteiger partial charge in [0.1, 0.15) is 5.56 Å². The summed E-state index contributed by atoms with van der Waals surface area (Å²) in [5.41, 5.74) is 1.17. The van der Waals surface area contributed by atoms with Gasteiger partial charge in [0.05, 0.1) is 28.7 Å². The minimum atomic E-state index is -2.83. The number of nitrogens with zero attached hydrogens (tertiary/aromatic N) is 4. The Morgan fingerprint density at radius 3 is 2.84 bits per heavy atom. The molecule has 0 saturated heterocycles. The Labute approximate surface area is 146 Å². The third-order valence-corrected chi connectivity index (χ3v) is 3.41. The van der Waals surface area contributed by atoms with Crippen LogP contribution >= 0.6 is 0 Å². The van der Waals surface area contributed by atoms with Crippen molar-refractivity contribution in [2.24, 2.45) is 0 Å². The summed E-state index contributed by atoms with van der Waals surface area (Å²) in [7, 11) is -2.83. The third-order valence-electron chi connectivity index (χ3n) is 3.41. The number of anilines is 1. The van der Waals surface area contributed by atoms with E-state index in [9.17, 15) is 14.7 Å². The molecule has 3 aromatic rings. The quantitative estimate of drug-likeness (QED) is 0.740. The maximum Gasteiger partial charge on any atom is 0.341 e. The lowest BCUT2D eigenvalue weighted by Crippen LogP contribution is -2.06. The average Bonchev–Trinajstić information content (AvgIpc) is 2.93. The highest BCUT2D eigenvalue weighted by Crippen LogP contribution is 2.27. The van der Waals surface area contributed by atoms with Gasteiger partial charge in [-0.1, -0.05) is 0 Å². The van der Waals surface area contributed by atoms with Crippen molar-refractivity contribution < 1.29 is 23.5 Å². The number of carboxylic acids is 1. The van der Waals surface area contributed by atoms with Crippen LogP contribution in [0.1, 0.15) is 27.1 Å². The van der Waals surface area contributed by atoms with E-state index in [0.29, 0.717) is 28.4 Å². The fraction of sp³-hybridized carbons (Fsp3) is 0.188. The van der Waals surface area contributed by atoms with Crippen molar-refractivity contribution >= 4 is 23.3 Å². The molecule has 0 aliphatic rings. The number of aromatic carboxylic acids is 1. The van der Waals surface area contributed by atoms with Crippen LogP contribution in [0.3, 0.4) is 0 Å². The molecule has 3 heterocycles. The molecule has 0 atom stereocenters. The molecule has 9 heteroatoms. The summed E-state index contributed by atoms with van der Waals surface area (Å²) < 4.78 is 27.6. The van der Waals surface area contributed by atoms with Crippen molar-refractivity contribution in [3.63, 3.8) is 0 Å². The van der Waals surface area contributed by atoms with Gasteiger partial charge in [-0.05, 0) is 25.1 Å². The number of nitrogens with one attached hydrogen (secondary N) is 1. The topological polar surface area (TPSA) is 119 Å². The van der Waals surface area contributed by atoms with Gasteiger partial charge in [0.2, 0.25) is 11.8 Å². The van der Waals surface area contributed by atoms with Crippen LogP contribution in [0.15, 0.2) is 24.4 Å². The monoisotopic (exact) mass is 344 g/mol. The molecule has 0 bridgehead atoms. The van der Waals surface area contributed by atoms with Gasteiger partial charge in [0, 0.05) is 12.5 Å². The maximum atomic E-state index is 11.5. The highest BCUT2D eigenvalue weighted by molar-refractivity contribution is 5.92. The Hall–Kier alpha value is -3.49. The molecule has 0 radical (unpaired) electrons. The van der Waals surface area contributed by atoms with Gasteiger partial charge in [-0.15, -0.1) is 0 Å². The van der Waals surface area contributed by atoms with E-state index in [1.165, 1.54) is 23.7 Å². The molecule has 0 spiro atoms. The molecule has 0 aliphatic carbocycles. The van der Waals surface area contributed by atoms with E-state index in [1.54, 1.807) is 19.1 Å². The van der Waals surface area contributed by atoms with Gasteiger partial charge in [0.15, 0.2) is 11.5 Å². The van der Waals surface area contributed by atoms with E-state index >= 15 is 0 Å². The van der Waals surface area contributed by atoms with E-state index in [4.69, 9.17) is 8.85 Å². The summed E-state index contributed by atoms with van der Waals surface area (Å²) >= 11 is 0. The summed E-state index contributed by atoms with van der Waals surface area (Å²) in [5, 5.41) is 16.3. The fourth-order valence-electron chi connectivity index (χ4n) is 2.34. The minimum Gasteiger partial charge on any atom is -0.480 e. The predicted molar refractivity (Wildman–Crippen MR) is 88.8 cm³/mol. The van der Waals surface area contributed by atoms with Crippen molar-refractivity contribution in [2.45, 2.75) is 13.8 Å². The van der Waals surface area contributed by atoms with Gasteiger partial charge in [-0.25, -0.2) is 19.3 Å². The molecule has 0 aromatic carbocycles. The number of carbonyl (C=O) groups is 2. The second kappa shape index (κ2) is 6.19. The number of amides is 1. The zero-order chi connectivity index (χ0) is 20.6. The summed E-state index contributed by atoms with van der Waals surface area (Å²) in [6.45, 7) is 2.93. The van der Waals surface area contributed by atoms with Crippen LogP contribution in [-0.4, -0.2) is 43.6 Å². The molecule has 2 N–H and O–H groups in total. The van der Waals surface area contributed by atoms with Crippen LogP contribution in [0.25, 0.3) is 16.9 Å². The number of imidazole rings is 1. The molecule has 9 nitrogen and oxygen atoms in total. The largest absolute Gasteiger partial charge is 0.480 e. The van der Waals surface area contributed by atoms with Gasteiger partial charge < -0.3 is 15.2 Å². The number of carboxylic acid groups (broad SMARTS) is 1. The smallest absolute Gasteiger partial charge is 0.341 e. The summed E-state index contributed by atoms with van der Waals surface area (Å²) in [4.78, 5) is 30.9. The molecule has 0 fully saturated rings. The fourth-order valence-corrected chi connectivity index (χ4v) is 2.34. The minimum absolute atomic E-state index is 0.278. The summed E-state index contributed by atoms with van der Waals surface area (Å²) in [5.74, 6) is -1.84. The normalized spacial score (nSPS) is 13.0. The Balaban J connectivity index is 2.08. The number of hydrogen-bond acceptors (Lipinski definition) is 6. The SMILES string of the molecule is [2H]C([2H])([2H])Oc1nc(C)c(-c2ccc3nc(NC(C)=O)cn3n2)cc1C(=O)O. The molecule has 25 heavy (non-hydrogen) atoms. The predicted octanol–water partition coefficient (Wildman–Crippen LogP) is 1.76. The lowest BCUT2D eigenvalue weighted by molar-refractivity contribution is -0.114. The van der Waals surface area contributed by atoms with Crippen molar-refractivity contribution in [1.82, 2.24) is 19.6 Å². The highest BCUT2D eigenvalue weighted by Gasteiger charge is 2.18. The Morgan fingerprint density at radius 2 is 2.16 bits per heavy atom. The molecule has 1 amide bonds. The number of carbonyl (C=O) groups excluding carboxylic acids is 1. The highest BCUT2D eigenvalue weighted by atomic mass is 16.5. The zero-order valence-corrected chi connectivity index (χ0v) is 13.3. The second-order valence-electron chi connectivity index (χ2n) is 5.21. The van der Waals surface area contributed by atoms with Gasteiger partial charge in [-0.3, -0.25) is 4.79 Å². The van der Waals surface area contributed by atoms with Crippen molar-refractivity contribution in [2.75, 3.05) is 12.4 Å². The van der Waals surface area contributed by atoms with E-state index < -0.39 is 24.5 Å². The molecule has 3 aromatic heterocycles. The lowest BCUT2D eigenvalue weighted by Gasteiger charge is -2.10. The average molecular weight is 344 g/mol. The number of fused-ring (bicyclic) bond motifs is 1.